The van der Waals surface area contributed by atoms with E-state index < -0.39 is 6.10 Å². The van der Waals surface area contributed by atoms with Crippen LogP contribution in [0.1, 0.15) is 22.8 Å². The van der Waals surface area contributed by atoms with E-state index in [9.17, 15) is 5.11 Å². The molecule has 1 N–H and O–H groups in total. The Morgan fingerprint density at radius 2 is 2.05 bits per heavy atom. The van der Waals surface area contributed by atoms with Gasteiger partial charge in [0, 0.05) is 23.5 Å². The Morgan fingerprint density at radius 3 is 2.74 bits per heavy atom. The van der Waals surface area contributed by atoms with Gasteiger partial charge in [0.1, 0.15) is 6.10 Å². The van der Waals surface area contributed by atoms with E-state index in [0.29, 0.717) is 12.2 Å². The maximum atomic E-state index is 9.46. The smallest absolute Gasteiger partial charge is 0.107 e. The Kier molecular flexibility index (Phi) is 4.68. The molecule has 3 heteroatoms. The fourth-order valence-corrected chi connectivity index (χ4v) is 1.82. The highest BCUT2D eigenvalue weighted by Gasteiger charge is 2.14. The SMILES string of the molecule is C#Cc1cnccc1C(CO)OCc1ccccc1. The monoisotopic (exact) mass is 253 g/mol. The van der Waals surface area contributed by atoms with Crippen molar-refractivity contribution in [3.05, 3.63) is 65.5 Å². The minimum absolute atomic E-state index is 0.120. The third kappa shape index (κ3) is 3.41. The van der Waals surface area contributed by atoms with Gasteiger partial charge in [-0.3, -0.25) is 4.98 Å². The summed E-state index contributed by atoms with van der Waals surface area (Å²) in [6.07, 6.45) is 8.23. The summed E-state index contributed by atoms with van der Waals surface area (Å²) in [6.45, 7) is 0.309. The normalized spacial score (nSPS) is 11.8. The largest absolute Gasteiger partial charge is 0.393 e. The molecule has 2 aromatic rings. The van der Waals surface area contributed by atoms with Crippen LogP contribution in [0, 0.1) is 12.3 Å². The maximum Gasteiger partial charge on any atom is 0.107 e. The molecule has 0 aliphatic carbocycles. The highest BCUT2D eigenvalue weighted by molar-refractivity contribution is 5.38. The average Bonchev–Trinajstić information content (AvgIpc) is 2.49. The van der Waals surface area contributed by atoms with Gasteiger partial charge in [-0.15, -0.1) is 6.42 Å². The molecule has 0 saturated carbocycles. The van der Waals surface area contributed by atoms with E-state index in [0.717, 1.165) is 11.1 Å². The minimum Gasteiger partial charge on any atom is -0.393 e. The number of pyridine rings is 1. The lowest BCUT2D eigenvalue weighted by molar-refractivity contribution is 0.000915. The number of hydrogen-bond acceptors (Lipinski definition) is 3. The van der Waals surface area contributed by atoms with E-state index in [2.05, 4.69) is 10.9 Å². The third-order valence-corrected chi connectivity index (χ3v) is 2.82. The molecule has 96 valence electrons. The molecule has 0 bridgehead atoms. The van der Waals surface area contributed by atoms with Crippen molar-refractivity contribution in [3.8, 4) is 12.3 Å². The van der Waals surface area contributed by atoms with Crippen LogP contribution in [0.3, 0.4) is 0 Å². The summed E-state index contributed by atoms with van der Waals surface area (Å²) >= 11 is 0. The van der Waals surface area contributed by atoms with Gasteiger partial charge in [0.2, 0.25) is 0 Å². The highest BCUT2D eigenvalue weighted by Crippen LogP contribution is 2.21. The van der Waals surface area contributed by atoms with Crippen molar-refractivity contribution in [3.63, 3.8) is 0 Å². The van der Waals surface area contributed by atoms with E-state index in [4.69, 9.17) is 11.2 Å². The van der Waals surface area contributed by atoms with Gasteiger partial charge >= 0.3 is 0 Å². The maximum absolute atomic E-state index is 9.46. The number of aliphatic hydroxyl groups is 1. The van der Waals surface area contributed by atoms with E-state index in [1.54, 1.807) is 18.5 Å². The molecule has 19 heavy (non-hydrogen) atoms. The number of rotatable bonds is 5. The fraction of sp³-hybridized carbons (Fsp3) is 0.188. The molecule has 1 atom stereocenters. The molecular weight excluding hydrogens is 238 g/mol. The fourth-order valence-electron chi connectivity index (χ4n) is 1.82. The first kappa shape index (κ1) is 13.3. The van der Waals surface area contributed by atoms with Gasteiger partial charge in [0.05, 0.1) is 13.2 Å². The third-order valence-electron chi connectivity index (χ3n) is 2.82. The number of nitrogens with zero attached hydrogens (tertiary/aromatic N) is 1. The zero-order valence-corrected chi connectivity index (χ0v) is 10.5. The average molecular weight is 253 g/mol. The van der Waals surface area contributed by atoms with Crippen LogP contribution in [-0.2, 0) is 11.3 Å². The van der Waals surface area contributed by atoms with Crippen LogP contribution in [0.4, 0.5) is 0 Å². The van der Waals surface area contributed by atoms with Crippen molar-refractivity contribution in [1.82, 2.24) is 4.98 Å². The van der Waals surface area contributed by atoms with Crippen LogP contribution in [0.15, 0.2) is 48.8 Å². The number of hydrogen-bond donors (Lipinski definition) is 1. The summed E-state index contributed by atoms with van der Waals surface area (Å²) in [7, 11) is 0. The number of aliphatic hydroxyl groups excluding tert-OH is 1. The van der Waals surface area contributed by atoms with E-state index in [-0.39, 0.29) is 6.61 Å². The predicted molar refractivity (Wildman–Crippen MR) is 73.2 cm³/mol. The lowest BCUT2D eigenvalue weighted by Gasteiger charge is -2.17. The molecule has 0 radical (unpaired) electrons. The van der Waals surface area contributed by atoms with Crippen LogP contribution >= 0.6 is 0 Å². The van der Waals surface area contributed by atoms with Crippen molar-refractivity contribution < 1.29 is 9.84 Å². The second kappa shape index (κ2) is 6.69. The summed E-state index contributed by atoms with van der Waals surface area (Å²) in [5, 5.41) is 9.46. The van der Waals surface area contributed by atoms with Crippen molar-refractivity contribution in [2.45, 2.75) is 12.7 Å². The summed E-state index contributed by atoms with van der Waals surface area (Å²) < 4.78 is 5.73. The molecule has 3 nitrogen and oxygen atoms in total. The van der Waals surface area contributed by atoms with Crippen LogP contribution in [-0.4, -0.2) is 16.7 Å². The summed E-state index contributed by atoms with van der Waals surface area (Å²) in [6, 6.07) is 11.6. The summed E-state index contributed by atoms with van der Waals surface area (Å²) in [5.41, 5.74) is 2.49. The molecule has 1 heterocycles. The van der Waals surface area contributed by atoms with Gasteiger partial charge in [-0.1, -0.05) is 36.3 Å². The molecule has 2 rings (SSSR count). The molecule has 1 aromatic carbocycles. The van der Waals surface area contributed by atoms with Gasteiger partial charge in [-0.05, 0) is 11.6 Å². The number of aromatic nitrogens is 1. The summed E-state index contributed by atoms with van der Waals surface area (Å²) in [4.78, 5) is 3.97. The zero-order chi connectivity index (χ0) is 13.5. The van der Waals surface area contributed by atoms with Crippen LogP contribution in [0.5, 0.6) is 0 Å². The molecule has 0 fully saturated rings. The quantitative estimate of drug-likeness (QED) is 0.831. The molecule has 1 aromatic heterocycles. The second-order valence-electron chi connectivity index (χ2n) is 4.08. The molecular formula is C16H15NO2. The highest BCUT2D eigenvalue weighted by atomic mass is 16.5. The van der Waals surface area contributed by atoms with E-state index in [1.165, 1.54) is 0 Å². The first-order valence-electron chi connectivity index (χ1n) is 6.02. The number of terminal acetylenes is 1. The van der Waals surface area contributed by atoms with Crippen molar-refractivity contribution in [1.29, 1.82) is 0 Å². The Labute approximate surface area is 112 Å². The van der Waals surface area contributed by atoms with Crippen molar-refractivity contribution in [2.24, 2.45) is 0 Å². The number of ether oxygens (including phenoxy) is 1. The predicted octanol–water partition coefficient (Wildman–Crippen LogP) is 2.31. The van der Waals surface area contributed by atoms with Crippen LogP contribution in [0.2, 0.25) is 0 Å². The van der Waals surface area contributed by atoms with Gasteiger partial charge in [0.15, 0.2) is 0 Å². The van der Waals surface area contributed by atoms with Crippen LogP contribution in [0.25, 0.3) is 0 Å². The first-order chi connectivity index (χ1) is 9.35. The van der Waals surface area contributed by atoms with Crippen molar-refractivity contribution in [2.75, 3.05) is 6.61 Å². The standard InChI is InChI=1S/C16H15NO2/c1-2-14-10-17-9-8-15(14)16(11-18)19-12-13-6-4-3-5-7-13/h1,3-10,16,18H,11-12H2. The van der Waals surface area contributed by atoms with E-state index >= 15 is 0 Å². The molecule has 0 saturated heterocycles. The number of benzene rings is 1. The first-order valence-corrected chi connectivity index (χ1v) is 6.02. The van der Waals surface area contributed by atoms with Gasteiger partial charge in [-0.25, -0.2) is 0 Å². The minimum atomic E-state index is -0.436. The van der Waals surface area contributed by atoms with Crippen LogP contribution < -0.4 is 0 Å². The lowest BCUT2D eigenvalue weighted by Crippen LogP contribution is -2.11. The Bertz CT molecular complexity index is 560. The van der Waals surface area contributed by atoms with Gasteiger partial charge in [0.25, 0.3) is 0 Å². The molecule has 0 spiro atoms. The Hall–Kier alpha value is -2.15. The Morgan fingerprint density at radius 1 is 1.26 bits per heavy atom. The zero-order valence-electron chi connectivity index (χ0n) is 10.5. The molecule has 1 unspecified atom stereocenters. The van der Waals surface area contributed by atoms with Gasteiger partial charge < -0.3 is 9.84 Å². The molecule has 0 aliphatic rings. The Balaban J connectivity index is 2.10. The second-order valence-corrected chi connectivity index (χ2v) is 4.08. The van der Waals surface area contributed by atoms with Gasteiger partial charge in [-0.2, -0.15) is 0 Å². The lowest BCUT2D eigenvalue weighted by atomic mass is 10.1. The topological polar surface area (TPSA) is 42.4 Å². The van der Waals surface area contributed by atoms with E-state index in [1.807, 2.05) is 30.3 Å². The summed E-state index contributed by atoms with van der Waals surface area (Å²) in [5.74, 6) is 2.55. The molecule has 0 amide bonds. The van der Waals surface area contributed by atoms with Crippen molar-refractivity contribution >= 4 is 0 Å². The molecule has 0 aliphatic heterocycles.